The molecule has 0 atom stereocenters. The van der Waals surface area contributed by atoms with E-state index in [1.807, 2.05) is 12.1 Å². The zero-order valence-electron chi connectivity index (χ0n) is 14.6. The number of benzene rings is 5. The lowest BCUT2D eigenvalue weighted by Crippen LogP contribution is -1.85. The van der Waals surface area contributed by atoms with Gasteiger partial charge in [0.05, 0.1) is 0 Å². The molecule has 0 unspecified atom stereocenters. The van der Waals surface area contributed by atoms with E-state index >= 15 is 0 Å². The molecular weight excluding hydrogens is 328 g/mol. The van der Waals surface area contributed by atoms with Crippen LogP contribution in [-0.4, -0.2) is 0 Å². The van der Waals surface area contributed by atoms with E-state index < -0.39 is 0 Å². The topological polar surface area (TPSA) is 13.1 Å². The van der Waals surface area contributed by atoms with Crippen LogP contribution in [0.25, 0.3) is 54.6 Å². The van der Waals surface area contributed by atoms with Crippen LogP contribution in [0.3, 0.4) is 0 Å². The summed E-state index contributed by atoms with van der Waals surface area (Å²) in [4.78, 5) is 0. The first-order valence-corrected chi connectivity index (χ1v) is 9.21. The summed E-state index contributed by atoms with van der Waals surface area (Å²) in [5.74, 6) is 0. The maximum absolute atomic E-state index is 6.02. The van der Waals surface area contributed by atoms with Crippen LogP contribution >= 0.6 is 0 Å². The molecule has 0 radical (unpaired) electrons. The van der Waals surface area contributed by atoms with Gasteiger partial charge in [0, 0.05) is 10.8 Å². The van der Waals surface area contributed by atoms with Gasteiger partial charge in [-0.2, -0.15) is 0 Å². The van der Waals surface area contributed by atoms with Crippen LogP contribution in [0.15, 0.2) is 101 Å². The van der Waals surface area contributed by atoms with Gasteiger partial charge in [-0.15, -0.1) is 0 Å². The zero-order chi connectivity index (χ0) is 17.8. The Kier molecular flexibility index (Phi) is 2.95. The third kappa shape index (κ3) is 2.12. The van der Waals surface area contributed by atoms with E-state index in [0.29, 0.717) is 0 Å². The Morgan fingerprint density at radius 2 is 1.04 bits per heavy atom. The van der Waals surface area contributed by atoms with Gasteiger partial charge in [0.1, 0.15) is 11.2 Å². The smallest absolute Gasteiger partial charge is 0.135 e. The maximum Gasteiger partial charge on any atom is 0.135 e. The zero-order valence-corrected chi connectivity index (χ0v) is 14.6. The van der Waals surface area contributed by atoms with Crippen LogP contribution in [-0.2, 0) is 0 Å². The molecule has 0 N–H and O–H groups in total. The van der Waals surface area contributed by atoms with E-state index in [-0.39, 0.29) is 0 Å². The van der Waals surface area contributed by atoms with E-state index in [1.54, 1.807) is 0 Å². The fourth-order valence-corrected chi connectivity index (χ4v) is 4.21. The van der Waals surface area contributed by atoms with Crippen LogP contribution in [0.1, 0.15) is 0 Å². The van der Waals surface area contributed by atoms with Crippen molar-refractivity contribution in [3.05, 3.63) is 97.1 Å². The first-order chi connectivity index (χ1) is 13.4. The second kappa shape index (κ2) is 5.46. The molecule has 1 heterocycles. The summed E-state index contributed by atoms with van der Waals surface area (Å²) in [6.45, 7) is 0. The predicted molar refractivity (Wildman–Crippen MR) is 114 cm³/mol. The summed E-state index contributed by atoms with van der Waals surface area (Å²) in [6, 6.07) is 34.3. The second-order valence-corrected chi connectivity index (χ2v) is 7.00. The normalized spacial score (nSPS) is 11.7. The summed E-state index contributed by atoms with van der Waals surface area (Å²) < 4.78 is 6.02. The Morgan fingerprint density at radius 3 is 1.78 bits per heavy atom. The average molecular weight is 344 g/mol. The highest BCUT2D eigenvalue weighted by molar-refractivity contribution is 6.14. The number of fused-ring (bicyclic) bond motifs is 5. The van der Waals surface area contributed by atoms with Gasteiger partial charge >= 0.3 is 0 Å². The van der Waals surface area contributed by atoms with E-state index in [2.05, 4.69) is 84.9 Å². The van der Waals surface area contributed by atoms with Crippen molar-refractivity contribution >= 4 is 43.5 Å². The molecule has 0 aliphatic rings. The van der Waals surface area contributed by atoms with Crippen molar-refractivity contribution in [1.29, 1.82) is 0 Å². The molecule has 1 nitrogen and oxygen atoms in total. The van der Waals surface area contributed by atoms with Crippen LogP contribution in [0.4, 0.5) is 0 Å². The third-order valence-corrected chi connectivity index (χ3v) is 5.44. The Morgan fingerprint density at radius 1 is 0.444 bits per heavy atom. The number of hydrogen-bond donors (Lipinski definition) is 0. The fraction of sp³-hybridized carbons (Fsp3) is 0. The van der Waals surface area contributed by atoms with Crippen molar-refractivity contribution in [3.8, 4) is 11.1 Å². The summed E-state index contributed by atoms with van der Waals surface area (Å²) in [6.07, 6.45) is 0. The van der Waals surface area contributed by atoms with Crippen molar-refractivity contribution in [1.82, 2.24) is 0 Å². The maximum atomic E-state index is 6.02. The number of hydrogen-bond acceptors (Lipinski definition) is 1. The molecular formula is C26H16O. The predicted octanol–water partition coefficient (Wildman–Crippen LogP) is 7.56. The molecule has 0 aliphatic carbocycles. The molecule has 0 amide bonds. The molecule has 6 aromatic rings. The second-order valence-electron chi connectivity index (χ2n) is 7.00. The first-order valence-electron chi connectivity index (χ1n) is 9.21. The fourth-order valence-electron chi connectivity index (χ4n) is 4.21. The molecule has 0 fully saturated rings. The van der Waals surface area contributed by atoms with Crippen molar-refractivity contribution in [2.75, 3.05) is 0 Å². The monoisotopic (exact) mass is 344 g/mol. The molecule has 6 rings (SSSR count). The van der Waals surface area contributed by atoms with Crippen molar-refractivity contribution < 1.29 is 4.42 Å². The summed E-state index contributed by atoms with van der Waals surface area (Å²) in [5.41, 5.74) is 4.38. The lowest BCUT2D eigenvalue weighted by atomic mass is 9.91. The minimum atomic E-state index is 0.935. The van der Waals surface area contributed by atoms with E-state index in [1.165, 1.54) is 43.4 Å². The molecule has 0 bridgehead atoms. The highest BCUT2D eigenvalue weighted by Crippen LogP contribution is 2.39. The highest BCUT2D eigenvalue weighted by Gasteiger charge is 2.12. The first kappa shape index (κ1) is 14.6. The van der Waals surface area contributed by atoms with Gasteiger partial charge in [0.2, 0.25) is 0 Å². The molecule has 0 saturated carbocycles. The Bertz CT molecular complexity index is 1420. The van der Waals surface area contributed by atoms with Gasteiger partial charge in [0.15, 0.2) is 0 Å². The van der Waals surface area contributed by atoms with Gasteiger partial charge < -0.3 is 4.42 Å². The average Bonchev–Trinajstić information content (AvgIpc) is 3.10. The standard InChI is InChI=1S/C26H16O/c1-3-9-20-17(7-1)15-18-8-2-4-10-21(18)26(20)19-13-14-25-23(16-19)22-11-5-6-12-24(22)27-25/h1-16H. The molecule has 0 spiro atoms. The minimum absolute atomic E-state index is 0.935. The summed E-state index contributed by atoms with van der Waals surface area (Å²) in [7, 11) is 0. The molecule has 0 saturated heterocycles. The Balaban J connectivity index is 1.77. The summed E-state index contributed by atoms with van der Waals surface area (Å²) in [5, 5.41) is 7.43. The van der Waals surface area contributed by atoms with E-state index in [0.717, 1.165) is 11.2 Å². The SMILES string of the molecule is c1ccc2c(-c3ccc4oc5ccccc5c4c3)c3ccccc3cc2c1. The van der Waals surface area contributed by atoms with E-state index in [4.69, 9.17) is 4.42 Å². The Hall–Kier alpha value is -3.58. The van der Waals surface area contributed by atoms with Crippen molar-refractivity contribution in [2.45, 2.75) is 0 Å². The van der Waals surface area contributed by atoms with Gasteiger partial charge in [0.25, 0.3) is 0 Å². The number of para-hydroxylation sites is 1. The van der Waals surface area contributed by atoms with Crippen molar-refractivity contribution in [2.24, 2.45) is 0 Å². The van der Waals surface area contributed by atoms with E-state index in [9.17, 15) is 0 Å². The Labute approximate surface area is 156 Å². The van der Waals surface area contributed by atoms with Crippen LogP contribution in [0, 0.1) is 0 Å². The molecule has 0 aliphatic heterocycles. The molecule has 126 valence electrons. The van der Waals surface area contributed by atoms with Gasteiger partial charge in [-0.25, -0.2) is 0 Å². The number of furan rings is 1. The molecule has 1 heteroatoms. The highest BCUT2D eigenvalue weighted by atomic mass is 16.3. The largest absolute Gasteiger partial charge is 0.456 e. The van der Waals surface area contributed by atoms with Crippen LogP contribution in [0.5, 0.6) is 0 Å². The lowest BCUT2D eigenvalue weighted by molar-refractivity contribution is 0.669. The van der Waals surface area contributed by atoms with Crippen molar-refractivity contribution in [3.63, 3.8) is 0 Å². The molecule has 1 aromatic heterocycles. The lowest BCUT2D eigenvalue weighted by Gasteiger charge is -2.12. The molecule has 27 heavy (non-hydrogen) atoms. The summed E-state index contributed by atoms with van der Waals surface area (Å²) >= 11 is 0. The van der Waals surface area contributed by atoms with Crippen LogP contribution in [0.2, 0.25) is 0 Å². The van der Waals surface area contributed by atoms with Crippen LogP contribution < -0.4 is 0 Å². The van der Waals surface area contributed by atoms with Gasteiger partial charge in [-0.05, 0) is 56.9 Å². The quantitative estimate of drug-likeness (QED) is 0.280. The minimum Gasteiger partial charge on any atom is -0.456 e. The van der Waals surface area contributed by atoms with Gasteiger partial charge in [-0.1, -0.05) is 72.8 Å². The van der Waals surface area contributed by atoms with Gasteiger partial charge in [-0.3, -0.25) is 0 Å². The molecule has 5 aromatic carbocycles. The third-order valence-electron chi connectivity index (χ3n) is 5.44. The number of rotatable bonds is 1.